The number of rotatable bonds is 6. The quantitative estimate of drug-likeness (QED) is 0.630. The Morgan fingerprint density at radius 3 is 2.09 bits per heavy atom. The molecule has 0 unspecified atom stereocenters. The fourth-order valence-electron chi connectivity index (χ4n) is 1.84. The SMILES string of the molecule is CCOC(=O)C(N)(Cc1ccc(C)cc1Cl)C(=O)OCC.Cl. The van der Waals surface area contributed by atoms with Crippen LogP contribution in [0.2, 0.25) is 5.02 Å². The molecule has 0 aliphatic rings. The summed E-state index contributed by atoms with van der Waals surface area (Å²) in [4.78, 5) is 24.1. The molecule has 124 valence electrons. The first-order valence-corrected chi connectivity index (χ1v) is 7.11. The van der Waals surface area contributed by atoms with Crippen molar-refractivity contribution in [3.05, 3.63) is 34.3 Å². The topological polar surface area (TPSA) is 78.6 Å². The molecular weight excluding hydrogens is 329 g/mol. The fourth-order valence-corrected chi connectivity index (χ4v) is 2.15. The number of ether oxygens (including phenoxy) is 2. The summed E-state index contributed by atoms with van der Waals surface area (Å²) in [5.74, 6) is -1.64. The zero-order valence-electron chi connectivity index (χ0n) is 12.8. The average molecular weight is 350 g/mol. The van der Waals surface area contributed by atoms with Gasteiger partial charge < -0.3 is 15.2 Å². The molecule has 0 aromatic heterocycles. The van der Waals surface area contributed by atoms with Gasteiger partial charge in [0.15, 0.2) is 0 Å². The summed E-state index contributed by atoms with van der Waals surface area (Å²) < 4.78 is 9.80. The molecule has 1 aromatic carbocycles. The van der Waals surface area contributed by atoms with Crippen molar-refractivity contribution in [2.75, 3.05) is 13.2 Å². The largest absolute Gasteiger partial charge is 0.464 e. The lowest BCUT2D eigenvalue weighted by Gasteiger charge is -2.25. The Morgan fingerprint density at radius 2 is 1.68 bits per heavy atom. The highest BCUT2D eigenvalue weighted by Gasteiger charge is 2.45. The van der Waals surface area contributed by atoms with E-state index in [2.05, 4.69) is 0 Å². The Bertz CT molecular complexity index is 516. The first kappa shape index (κ1) is 20.7. The summed E-state index contributed by atoms with van der Waals surface area (Å²) in [6, 6.07) is 5.31. The van der Waals surface area contributed by atoms with Crippen molar-refractivity contribution in [2.45, 2.75) is 32.7 Å². The van der Waals surface area contributed by atoms with Crippen LogP contribution in [0.5, 0.6) is 0 Å². The van der Waals surface area contributed by atoms with Crippen LogP contribution >= 0.6 is 24.0 Å². The second-order valence-electron chi connectivity index (χ2n) is 4.68. The second-order valence-corrected chi connectivity index (χ2v) is 5.09. The number of hydrogen-bond acceptors (Lipinski definition) is 5. The van der Waals surface area contributed by atoms with Crippen molar-refractivity contribution in [3.63, 3.8) is 0 Å². The monoisotopic (exact) mass is 349 g/mol. The average Bonchev–Trinajstić information content (AvgIpc) is 2.42. The van der Waals surface area contributed by atoms with E-state index in [1.807, 2.05) is 13.0 Å². The van der Waals surface area contributed by atoms with Gasteiger partial charge in [-0.3, -0.25) is 0 Å². The number of carbonyl (C=O) groups excluding carboxylic acids is 2. The smallest absolute Gasteiger partial charge is 0.338 e. The molecule has 0 amide bonds. The van der Waals surface area contributed by atoms with Gasteiger partial charge in [0, 0.05) is 11.4 Å². The molecule has 0 fully saturated rings. The van der Waals surface area contributed by atoms with Crippen molar-refractivity contribution in [2.24, 2.45) is 5.73 Å². The first-order chi connectivity index (χ1) is 9.85. The Kier molecular flexibility index (Phi) is 8.45. The van der Waals surface area contributed by atoms with Crippen molar-refractivity contribution in [3.8, 4) is 0 Å². The van der Waals surface area contributed by atoms with Gasteiger partial charge >= 0.3 is 11.9 Å². The number of nitrogens with two attached hydrogens (primary N) is 1. The molecule has 1 rings (SSSR count). The Labute approximate surface area is 141 Å². The highest BCUT2D eigenvalue weighted by molar-refractivity contribution is 6.31. The van der Waals surface area contributed by atoms with Crippen molar-refractivity contribution in [1.29, 1.82) is 0 Å². The number of halogens is 2. The van der Waals surface area contributed by atoms with E-state index in [0.717, 1.165) is 5.56 Å². The fraction of sp³-hybridized carbons (Fsp3) is 0.467. The van der Waals surface area contributed by atoms with Gasteiger partial charge in [-0.15, -0.1) is 12.4 Å². The Morgan fingerprint density at radius 1 is 1.18 bits per heavy atom. The summed E-state index contributed by atoms with van der Waals surface area (Å²) >= 11 is 6.14. The van der Waals surface area contributed by atoms with Crippen LogP contribution in [0.15, 0.2) is 18.2 Å². The minimum absolute atomic E-state index is 0. The maximum absolute atomic E-state index is 12.1. The van der Waals surface area contributed by atoms with Crippen LogP contribution in [0, 0.1) is 6.92 Å². The van der Waals surface area contributed by atoms with Crippen molar-refractivity contribution < 1.29 is 19.1 Å². The molecule has 0 aliphatic heterocycles. The maximum atomic E-state index is 12.1. The van der Waals surface area contributed by atoms with E-state index in [-0.39, 0.29) is 32.0 Å². The van der Waals surface area contributed by atoms with E-state index in [4.69, 9.17) is 26.8 Å². The molecule has 0 bridgehead atoms. The first-order valence-electron chi connectivity index (χ1n) is 6.73. The van der Waals surface area contributed by atoms with Crippen molar-refractivity contribution in [1.82, 2.24) is 0 Å². The molecule has 0 atom stereocenters. The predicted octanol–water partition coefficient (Wildman–Crippen LogP) is 2.44. The number of aryl methyl sites for hydroxylation is 1. The predicted molar refractivity (Wildman–Crippen MR) is 87.3 cm³/mol. The highest BCUT2D eigenvalue weighted by atomic mass is 35.5. The van der Waals surface area contributed by atoms with Gasteiger partial charge in [-0.05, 0) is 38.0 Å². The van der Waals surface area contributed by atoms with Gasteiger partial charge in [0.25, 0.3) is 0 Å². The lowest BCUT2D eigenvalue weighted by molar-refractivity contribution is -0.163. The Hall–Kier alpha value is -1.30. The molecule has 22 heavy (non-hydrogen) atoms. The van der Waals surface area contributed by atoms with Crippen LogP contribution in [0.1, 0.15) is 25.0 Å². The molecule has 5 nitrogen and oxygen atoms in total. The maximum Gasteiger partial charge on any atom is 0.338 e. The van der Waals surface area contributed by atoms with Crippen LogP contribution < -0.4 is 5.73 Å². The summed E-state index contributed by atoms with van der Waals surface area (Å²) in [7, 11) is 0. The zero-order valence-corrected chi connectivity index (χ0v) is 14.4. The minimum Gasteiger partial charge on any atom is -0.464 e. The van der Waals surface area contributed by atoms with E-state index in [0.29, 0.717) is 10.6 Å². The molecular formula is C15H21Cl2NO4. The van der Waals surface area contributed by atoms with Gasteiger partial charge in [0.05, 0.1) is 13.2 Å². The van der Waals surface area contributed by atoms with E-state index in [1.54, 1.807) is 26.0 Å². The van der Waals surface area contributed by atoms with Crippen molar-refractivity contribution >= 4 is 35.9 Å². The summed E-state index contributed by atoms with van der Waals surface area (Å²) in [6.07, 6.45) is -0.0796. The second kappa shape index (κ2) is 8.98. The summed E-state index contributed by atoms with van der Waals surface area (Å²) in [5, 5.41) is 0.443. The molecule has 0 heterocycles. The molecule has 0 spiro atoms. The molecule has 0 saturated carbocycles. The van der Waals surface area contributed by atoms with Crippen LogP contribution in [-0.4, -0.2) is 30.7 Å². The van der Waals surface area contributed by atoms with E-state index in [1.165, 1.54) is 0 Å². The van der Waals surface area contributed by atoms with Crippen LogP contribution in [0.4, 0.5) is 0 Å². The third-order valence-corrected chi connectivity index (χ3v) is 3.31. The normalized spacial score (nSPS) is 10.6. The number of esters is 2. The van der Waals surface area contributed by atoms with Gasteiger partial charge in [-0.2, -0.15) is 0 Å². The van der Waals surface area contributed by atoms with Crippen LogP contribution in [-0.2, 0) is 25.5 Å². The highest BCUT2D eigenvalue weighted by Crippen LogP contribution is 2.23. The minimum atomic E-state index is -1.90. The zero-order chi connectivity index (χ0) is 16.0. The van der Waals surface area contributed by atoms with Crippen LogP contribution in [0.3, 0.4) is 0 Å². The molecule has 7 heteroatoms. The lowest BCUT2D eigenvalue weighted by Crippen LogP contribution is -2.58. The molecule has 1 aromatic rings. The third-order valence-electron chi connectivity index (χ3n) is 2.96. The standard InChI is InChI=1S/C15H20ClNO4.ClH/c1-4-20-13(18)15(17,14(19)21-5-2)9-11-7-6-10(3)8-12(11)16;/h6-8H,4-5,9,17H2,1-3H3;1H. The van der Waals surface area contributed by atoms with Gasteiger partial charge in [-0.1, -0.05) is 23.7 Å². The third kappa shape index (κ3) is 4.87. The van der Waals surface area contributed by atoms with E-state index in [9.17, 15) is 9.59 Å². The number of hydrogen-bond donors (Lipinski definition) is 1. The lowest BCUT2D eigenvalue weighted by atomic mass is 9.91. The number of benzene rings is 1. The van der Waals surface area contributed by atoms with Crippen LogP contribution in [0.25, 0.3) is 0 Å². The van der Waals surface area contributed by atoms with Gasteiger partial charge in [-0.25, -0.2) is 9.59 Å². The Balaban J connectivity index is 0.00000441. The molecule has 0 aliphatic carbocycles. The summed E-state index contributed by atoms with van der Waals surface area (Å²) in [6.45, 7) is 5.42. The van der Waals surface area contributed by atoms with E-state index >= 15 is 0 Å². The van der Waals surface area contributed by atoms with Gasteiger partial charge in [0.1, 0.15) is 0 Å². The molecule has 2 N–H and O–H groups in total. The van der Waals surface area contributed by atoms with E-state index < -0.39 is 17.5 Å². The molecule has 0 saturated heterocycles. The van der Waals surface area contributed by atoms with Gasteiger partial charge in [0.2, 0.25) is 5.54 Å². The summed E-state index contributed by atoms with van der Waals surface area (Å²) in [5.41, 5.74) is 5.65. The number of carbonyl (C=O) groups is 2. The molecule has 0 radical (unpaired) electrons.